The summed E-state index contributed by atoms with van der Waals surface area (Å²) >= 11 is 0. The first-order valence-electron chi connectivity index (χ1n) is 7.24. The minimum atomic E-state index is -0.733. The van der Waals surface area contributed by atoms with Gasteiger partial charge in [0.2, 0.25) is 5.91 Å². The molecule has 5 nitrogen and oxygen atoms in total. The molecule has 1 aliphatic rings. The molecule has 0 saturated carbocycles. The van der Waals surface area contributed by atoms with E-state index >= 15 is 0 Å². The molecule has 0 aromatic heterocycles. The van der Waals surface area contributed by atoms with Crippen molar-refractivity contribution in [3.8, 4) is 0 Å². The number of amides is 1. The number of piperidine rings is 1. The van der Waals surface area contributed by atoms with Crippen LogP contribution in [-0.2, 0) is 9.59 Å². The van der Waals surface area contributed by atoms with E-state index in [1.165, 1.54) is 6.42 Å². The molecule has 1 rings (SSSR count). The third kappa shape index (κ3) is 6.57. The molecule has 1 amide bonds. The van der Waals surface area contributed by atoms with Crippen molar-refractivity contribution >= 4 is 11.9 Å². The van der Waals surface area contributed by atoms with Crippen LogP contribution in [0.25, 0.3) is 0 Å². The number of carbonyl (C=O) groups is 2. The van der Waals surface area contributed by atoms with E-state index in [0.29, 0.717) is 18.9 Å². The molecule has 0 aromatic rings. The first kappa shape index (κ1) is 16.0. The summed E-state index contributed by atoms with van der Waals surface area (Å²) in [6.07, 6.45) is 4.79. The van der Waals surface area contributed by atoms with Gasteiger partial charge >= 0.3 is 5.97 Å². The average molecular weight is 270 g/mol. The quantitative estimate of drug-likeness (QED) is 0.737. The lowest BCUT2D eigenvalue weighted by Gasteiger charge is -2.35. The van der Waals surface area contributed by atoms with Gasteiger partial charge in [0.15, 0.2) is 0 Å². The smallest absolute Gasteiger partial charge is 0.303 e. The van der Waals surface area contributed by atoms with Crippen LogP contribution in [0.2, 0.25) is 0 Å². The maximum atomic E-state index is 11.6. The number of hydrogen-bond donors (Lipinski definition) is 2. The molecule has 0 aliphatic carbocycles. The van der Waals surface area contributed by atoms with Gasteiger partial charge in [-0.1, -0.05) is 6.42 Å². The monoisotopic (exact) mass is 270 g/mol. The second-order valence-electron chi connectivity index (χ2n) is 5.59. The largest absolute Gasteiger partial charge is 0.481 e. The van der Waals surface area contributed by atoms with Crippen LogP contribution in [0.3, 0.4) is 0 Å². The Hall–Kier alpha value is -1.10. The Labute approximate surface area is 115 Å². The molecule has 1 saturated heterocycles. The number of likely N-dealkylation sites (tertiary alicyclic amines) is 1. The van der Waals surface area contributed by atoms with Crippen LogP contribution in [0.5, 0.6) is 0 Å². The Morgan fingerprint density at radius 3 is 2.68 bits per heavy atom. The van der Waals surface area contributed by atoms with E-state index in [2.05, 4.69) is 10.2 Å². The lowest BCUT2D eigenvalue weighted by atomic mass is 9.97. The standard InChI is InChI=1S/C14H26N2O3/c1-11(2)15-13(17)8-10-16-9-4-3-5-12(16)6-7-14(18)19/h11-12H,3-10H2,1-2H3,(H,15,17)(H,18,19). The number of rotatable bonds is 7. The second kappa shape index (κ2) is 8.15. The Morgan fingerprint density at radius 2 is 2.05 bits per heavy atom. The zero-order valence-electron chi connectivity index (χ0n) is 12.0. The van der Waals surface area contributed by atoms with E-state index in [-0.39, 0.29) is 18.4 Å². The van der Waals surface area contributed by atoms with Gasteiger partial charge in [-0.05, 0) is 39.7 Å². The molecular weight excluding hydrogens is 244 g/mol. The lowest BCUT2D eigenvalue weighted by Crippen LogP contribution is -2.42. The number of hydrogen-bond acceptors (Lipinski definition) is 3. The first-order chi connectivity index (χ1) is 8.99. The molecular formula is C14H26N2O3. The molecule has 0 aromatic carbocycles. The molecule has 0 bridgehead atoms. The van der Waals surface area contributed by atoms with E-state index < -0.39 is 5.97 Å². The molecule has 2 N–H and O–H groups in total. The van der Waals surface area contributed by atoms with Gasteiger partial charge in [0.25, 0.3) is 0 Å². The fourth-order valence-corrected chi connectivity index (χ4v) is 2.61. The van der Waals surface area contributed by atoms with Crippen molar-refractivity contribution in [3.63, 3.8) is 0 Å². The number of nitrogens with zero attached hydrogens (tertiary/aromatic N) is 1. The van der Waals surface area contributed by atoms with Crippen LogP contribution in [0.4, 0.5) is 0 Å². The van der Waals surface area contributed by atoms with Gasteiger partial charge in [-0.15, -0.1) is 0 Å². The molecule has 1 atom stereocenters. The zero-order chi connectivity index (χ0) is 14.3. The molecule has 1 aliphatic heterocycles. The Bertz CT molecular complexity index is 305. The predicted molar refractivity (Wildman–Crippen MR) is 74.0 cm³/mol. The fraction of sp³-hybridized carbons (Fsp3) is 0.857. The normalized spacial score (nSPS) is 20.5. The Morgan fingerprint density at radius 1 is 1.32 bits per heavy atom. The van der Waals surface area contributed by atoms with Gasteiger partial charge in [0.05, 0.1) is 0 Å². The highest BCUT2D eigenvalue weighted by molar-refractivity contribution is 5.76. The Balaban J connectivity index is 2.35. The predicted octanol–water partition coefficient (Wildman–Crippen LogP) is 1.62. The molecule has 19 heavy (non-hydrogen) atoms. The molecule has 1 fully saturated rings. The van der Waals surface area contributed by atoms with Crippen LogP contribution in [0.15, 0.2) is 0 Å². The summed E-state index contributed by atoms with van der Waals surface area (Å²) in [5, 5.41) is 11.7. The van der Waals surface area contributed by atoms with Crippen molar-refractivity contribution < 1.29 is 14.7 Å². The van der Waals surface area contributed by atoms with Gasteiger partial charge in [-0.2, -0.15) is 0 Å². The highest BCUT2D eigenvalue weighted by Gasteiger charge is 2.23. The maximum Gasteiger partial charge on any atom is 0.303 e. The second-order valence-corrected chi connectivity index (χ2v) is 5.59. The van der Waals surface area contributed by atoms with Gasteiger partial charge < -0.3 is 10.4 Å². The minimum Gasteiger partial charge on any atom is -0.481 e. The van der Waals surface area contributed by atoms with Gasteiger partial charge in [-0.25, -0.2) is 0 Å². The van der Waals surface area contributed by atoms with Gasteiger partial charge in [-0.3, -0.25) is 14.5 Å². The van der Waals surface area contributed by atoms with Crippen molar-refractivity contribution in [2.75, 3.05) is 13.1 Å². The average Bonchev–Trinajstić information content (AvgIpc) is 2.34. The molecule has 0 spiro atoms. The van der Waals surface area contributed by atoms with Gasteiger partial charge in [0.1, 0.15) is 0 Å². The summed E-state index contributed by atoms with van der Waals surface area (Å²) in [5.74, 6) is -0.652. The van der Waals surface area contributed by atoms with Crippen molar-refractivity contribution in [2.45, 2.75) is 64.5 Å². The Kier molecular flexibility index (Phi) is 6.84. The summed E-state index contributed by atoms with van der Waals surface area (Å²) < 4.78 is 0. The maximum absolute atomic E-state index is 11.6. The molecule has 1 unspecified atom stereocenters. The number of carboxylic acids is 1. The topological polar surface area (TPSA) is 69.6 Å². The number of nitrogens with one attached hydrogen (secondary N) is 1. The molecule has 1 heterocycles. The van der Waals surface area contributed by atoms with Crippen molar-refractivity contribution in [1.29, 1.82) is 0 Å². The number of aliphatic carboxylic acids is 1. The number of carbonyl (C=O) groups excluding carboxylic acids is 1. The van der Waals surface area contributed by atoms with Crippen molar-refractivity contribution in [2.24, 2.45) is 0 Å². The van der Waals surface area contributed by atoms with Crippen LogP contribution in [-0.4, -0.2) is 47.1 Å². The first-order valence-corrected chi connectivity index (χ1v) is 7.24. The summed E-state index contributed by atoms with van der Waals surface area (Å²) in [7, 11) is 0. The SMILES string of the molecule is CC(C)NC(=O)CCN1CCCCC1CCC(=O)O. The van der Waals surface area contributed by atoms with E-state index in [0.717, 1.165) is 25.9 Å². The van der Waals surface area contributed by atoms with E-state index in [4.69, 9.17) is 5.11 Å². The lowest BCUT2D eigenvalue weighted by molar-refractivity contribution is -0.137. The molecule has 0 radical (unpaired) electrons. The summed E-state index contributed by atoms with van der Waals surface area (Å²) in [4.78, 5) is 24.6. The van der Waals surface area contributed by atoms with Crippen molar-refractivity contribution in [1.82, 2.24) is 10.2 Å². The van der Waals surface area contributed by atoms with Crippen LogP contribution >= 0.6 is 0 Å². The van der Waals surface area contributed by atoms with Crippen LogP contribution in [0.1, 0.15) is 52.4 Å². The summed E-state index contributed by atoms with van der Waals surface area (Å²) in [5.41, 5.74) is 0. The third-order valence-corrected chi connectivity index (χ3v) is 3.52. The van der Waals surface area contributed by atoms with Crippen LogP contribution < -0.4 is 5.32 Å². The molecule has 110 valence electrons. The van der Waals surface area contributed by atoms with Crippen LogP contribution in [0, 0.1) is 0 Å². The van der Waals surface area contributed by atoms with E-state index in [1.54, 1.807) is 0 Å². The van der Waals surface area contributed by atoms with E-state index in [1.807, 2.05) is 13.8 Å². The minimum absolute atomic E-state index is 0.0811. The highest BCUT2D eigenvalue weighted by atomic mass is 16.4. The molecule has 5 heteroatoms. The highest BCUT2D eigenvalue weighted by Crippen LogP contribution is 2.21. The van der Waals surface area contributed by atoms with Crippen molar-refractivity contribution in [3.05, 3.63) is 0 Å². The summed E-state index contributed by atoms with van der Waals surface area (Å²) in [6.45, 7) is 5.63. The fourth-order valence-electron chi connectivity index (χ4n) is 2.61. The van der Waals surface area contributed by atoms with Gasteiger partial charge in [0, 0.05) is 31.5 Å². The van der Waals surface area contributed by atoms with E-state index in [9.17, 15) is 9.59 Å². The third-order valence-electron chi connectivity index (χ3n) is 3.52. The zero-order valence-corrected chi connectivity index (χ0v) is 12.0. The summed E-state index contributed by atoms with van der Waals surface area (Å²) in [6, 6.07) is 0.508. The number of carboxylic acid groups (broad SMARTS) is 1.